The number of rotatable bonds is 13. The molecule has 0 bridgehead atoms. The summed E-state index contributed by atoms with van der Waals surface area (Å²) in [6.07, 6.45) is 6.77. The summed E-state index contributed by atoms with van der Waals surface area (Å²) in [6, 6.07) is 19.3. The third kappa shape index (κ3) is 7.52. The number of pyridine rings is 2. The van der Waals surface area contributed by atoms with Gasteiger partial charge in [0.05, 0.1) is 28.5 Å². The third-order valence-corrected chi connectivity index (χ3v) is 10.6. The van der Waals surface area contributed by atoms with E-state index >= 15 is 0 Å². The average Bonchev–Trinajstić information content (AvgIpc) is 3.92. The highest BCUT2D eigenvalue weighted by Crippen LogP contribution is 2.42. The number of methoxy groups -OCH3 is 1. The lowest BCUT2D eigenvalue weighted by Gasteiger charge is -2.23. The Morgan fingerprint density at radius 2 is 1.65 bits per heavy atom. The number of benzene rings is 2. The molecule has 4 N–H and O–H groups in total. The van der Waals surface area contributed by atoms with Gasteiger partial charge in [-0.3, -0.25) is 14.0 Å². The van der Waals surface area contributed by atoms with Crippen LogP contribution in [0.25, 0.3) is 39.2 Å². The Morgan fingerprint density at radius 1 is 0.941 bits per heavy atom. The molecule has 12 heteroatoms. The zero-order valence-electron chi connectivity index (χ0n) is 28.5. The fourth-order valence-electron chi connectivity index (χ4n) is 6.74. The van der Waals surface area contributed by atoms with Gasteiger partial charge in [-0.2, -0.15) is 0 Å². The van der Waals surface area contributed by atoms with E-state index in [1.807, 2.05) is 67.6 Å². The molecule has 1 amide bonds. The van der Waals surface area contributed by atoms with Crippen molar-refractivity contribution in [2.75, 3.05) is 20.2 Å². The lowest BCUT2D eigenvalue weighted by molar-refractivity contribution is -0.119. The van der Waals surface area contributed by atoms with Crippen molar-refractivity contribution in [3.8, 4) is 39.4 Å². The van der Waals surface area contributed by atoms with Crippen molar-refractivity contribution in [3.63, 3.8) is 0 Å². The van der Waals surface area contributed by atoms with E-state index in [9.17, 15) is 14.7 Å². The van der Waals surface area contributed by atoms with E-state index in [-0.39, 0.29) is 17.5 Å². The molecule has 1 saturated heterocycles. The molecule has 51 heavy (non-hydrogen) atoms. The summed E-state index contributed by atoms with van der Waals surface area (Å²) in [6.45, 7) is 3.79. The number of carbonyl (C=O) groups excluding carboxylic acids is 1. The van der Waals surface area contributed by atoms with Crippen LogP contribution in [0.15, 0.2) is 77.9 Å². The number of carbonyl (C=O) groups is 1. The van der Waals surface area contributed by atoms with Gasteiger partial charge in [-0.05, 0) is 55.9 Å². The van der Waals surface area contributed by atoms with Crippen molar-refractivity contribution in [1.82, 2.24) is 30.3 Å². The summed E-state index contributed by atoms with van der Waals surface area (Å²) in [4.78, 5) is 34.2. The van der Waals surface area contributed by atoms with E-state index < -0.39 is 5.60 Å². The fraction of sp³-hybridized carbons (Fsp3) is 0.333. The van der Waals surface area contributed by atoms with Crippen LogP contribution < -0.4 is 26.2 Å². The van der Waals surface area contributed by atoms with Gasteiger partial charge in [0.2, 0.25) is 11.8 Å². The van der Waals surface area contributed by atoms with E-state index in [0.717, 1.165) is 52.6 Å². The standard InChI is InChI=1S/C39H40Cl2N6O4/c1-39(50,26-10-11-26)22-43-19-25-20-44-33-17-23(15-16-47(33)38(25)49)28-5-3-6-29(35(28)40)30-7-4-8-31(36(30)41)32-13-9-24(37(46-32)51-2)18-42-21-27-12-14-34(48)45-27/h3-9,13,15-17,20,26-27,42-43,50H,10-12,14,18-19,21-22H2,1-2H3,(H,45,48)/t27-,39?/m0/s1. The van der Waals surface area contributed by atoms with Crippen molar-refractivity contribution in [2.45, 2.75) is 57.3 Å². The lowest BCUT2D eigenvalue weighted by Crippen LogP contribution is -2.40. The second-order valence-electron chi connectivity index (χ2n) is 13.6. The van der Waals surface area contributed by atoms with Crippen molar-refractivity contribution in [3.05, 3.63) is 105 Å². The molecule has 0 spiro atoms. The van der Waals surface area contributed by atoms with Crippen molar-refractivity contribution in [2.24, 2.45) is 5.92 Å². The molecule has 1 aliphatic carbocycles. The molecule has 0 radical (unpaired) electrons. The quantitative estimate of drug-likeness (QED) is 0.116. The van der Waals surface area contributed by atoms with E-state index in [1.165, 1.54) is 4.40 Å². The van der Waals surface area contributed by atoms with Gasteiger partial charge in [0.25, 0.3) is 5.56 Å². The maximum atomic E-state index is 13.3. The molecular weight excluding hydrogens is 687 g/mol. The SMILES string of the molecule is COc1nc(-c2cccc(-c3cccc(-c4ccn5c(=O)c(CNCC(C)(O)C6CC6)cnc5c4)c3Cl)c2Cl)ccc1CNC[C@@H]1CCC(=O)N1. The van der Waals surface area contributed by atoms with E-state index in [4.69, 9.17) is 32.9 Å². The van der Waals surface area contributed by atoms with Crippen LogP contribution in [0.1, 0.15) is 43.7 Å². The number of amides is 1. The number of nitrogens with one attached hydrogen (secondary N) is 3. The van der Waals surface area contributed by atoms with Gasteiger partial charge in [-0.25, -0.2) is 9.97 Å². The number of nitrogens with zero attached hydrogens (tertiary/aromatic N) is 3. The smallest absolute Gasteiger partial charge is 0.262 e. The Labute approximate surface area is 306 Å². The largest absolute Gasteiger partial charge is 0.481 e. The first-order valence-electron chi connectivity index (χ1n) is 17.2. The molecule has 1 unspecified atom stereocenters. The number of fused-ring (bicyclic) bond motifs is 1. The van der Waals surface area contributed by atoms with Gasteiger partial charge in [0, 0.05) is 84.4 Å². The first-order valence-corrected chi connectivity index (χ1v) is 17.9. The predicted molar refractivity (Wildman–Crippen MR) is 200 cm³/mol. The molecule has 1 saturated carbocycles. The van der Waals surface area contributed by atoms with Crippen LogP contribution in [0.4, 0.5) is 0 Å². The van der Waals surface area contributed by atoms with Gasteiger partial charge >= 0.3 is 0 Å². The minimum Gasteiger partial charge on any atom is -0.481 e. The second kappa shape index (κ2) is 14.7. The van der Waals surface area contributed by atoms with Crippen LogP contribution in [-0.4, -0.2) is 57.2 Å². The third-order valence-electron chi connectivity index (χ3n) is 9.83. The highest BCUT2D eigenvalue weighted by atomic mass is 35.5. The fourth-order valence-corrected chi connectivity index (χ4v) is 7.41. The summed E-state index contributed by atoms with van der Waals surface area (Å²) in [5.41, 5.74) is 5.44. The van der Waals surface area contributed by atoms with Crippen LogP contribution in [0, 0.1) is 5.92 Å². The number of ether oxygens (including phenoxy) is 1. The van der Waals surface area contributed by atoms with Gasteiger partial charge < -0.3 is 25.8 Å². The highest BCUT2D eigenvalue weighted by molar-refractivity contribution is 6.39. The Hall–Kier alpha value is -4.32. The van der Waals surface area contributed by atoms with Gasteiger partial charge in [-0.15, -0.1) is 0 Å². The number of halogens is 2. The van der Waals surface area contributed by atoms with Crippen LogP contribution in [0.2, 0.25) is 10.0 Å². The number of hydrogen-bond donors (Lipinski definition) is 4. The molecule has 7 rings (SSSR count). The molecule has 4 heterocycles. The summed E-state index contributed by atoms with van der Waals surface area (Å²) >= 11 is 14.2. The number of aromatic nitrogens is 3. The Morgan fingerprint density at radius 3 is 2.35 bits per heavy atom. The van der Waals surface area contributed by atoms with Crippen LogP contribution >= 0.6 is 23.2 Å². The maximum absolute atomic E-state index is 13.3. The van der Waals surface area contributed by atoms with Crippen molar-refractivity contribution in [1.29, 1.82) is 0 Å². The van der Waals surface area contributed by atoms with Crippen LogP contribution in [0.3, 0.4) is 0 Å². The lowest BCUT2D eigenvalue weighted by atomic mass is 9.97. The topological polar surface area (TPSA) is 130 Å². The number of aliphatic hydroxyl groups is 1. The molecule has 2 aromatic carbocycles. The highest BCUT2D eigenvalue weighted by Gasteiger charge is 2.39. The van der Waals surface area contributed by atoms with E-state index in [2.05, 4.69) is 20.9 Å². The molecular formula is C39H40Cl2N6O4. The number of hydrogen-bond acceptors (Lipinski definition) is 8. The van der Waals surface area contributed by atoms with Crippen molar-refractivity contribution >= 4 is 34.8 Å². The summed E-state index contributed by atoms with van der Waals surface area (Å²) in [5, 5.41) is 21.2. The Kier molecular flexibility index (Phi) is 10.1. The Bertz CT molecular complexity index is 2170. The molecule has 1 aliphatic heterocycles. The minimum absolute atomic E-state index is 0.0936. The Balaban J connectivity index is 1.11. The maximum Gasteiger partial charge on any atom is 0.262 e. The van der Waals surface area contributed by atoms with Gasteiger partial charge in [0.15, 0.2) is 0 Å². The van der Waals surface area contributed by atoms with Gasteiger partial charge in [-0.1, -0.05) is 65.7 Å². The minimum atomic E-state index is -0.777. The zero-order chi connectivity index (χ0) is 35.7. The molecule has 5 aromatic rings. The van der Waals surface area contributed by atoms with E-state index in [1.54, 1.807) is 19.5 Å². The zero-order valence-corrected chi connectivity index (χ0v) is 30.0. The molecule has 2 aliphatic rings. The summed E-state index contributed by atoms with van der Waals surface area (Å²) in [7, 11) is 1.59. The monoisotopic (exact) mass is 726 g/mol. The van der Waals surface area contributed by atoms with Crippen LogP contribution in [0.5, 0.6) is 5.88 Å². The van der Waals surface area contributed by atoms with Crippen LogP contribution in [-0.2, 0) is 17.9 Å². The summed E-state index contributed by atoms with van der Waals surface area (Å²) < 4.78 is 7.17. The molecule has 2 fully saturated rings. The van der Waals surface area contributed by atoms with E-state index in [0.29, 0.717) is 71.3 Å². The molecule has 2 atom stereocenters. The first kappa shape index (κ1) is 35.1. The summed E-state index contributed by atoms with van der Waals surface area (Å²) in [5.74, 6) is 0.902. The predicted octanol–water partition coefficient (Wildman–Crippen LogP) is 6.02. The molecule has 264 valence electrons. The molecule has 10 nitrogen and oxygen atoms in total. The average molecular weight is 728 g/mol. The van der Waals surface area contributed by atoms with Gasteiger partial charge in [0.1, 0.15) is 5.65 Å². The van der Waals surface area contributed by atoms with Crippen molar-refractivity contribution < 1.29 is 14.6 Å². The first-order chi connectivity index (χ1) is 24.6. The molecule has 3 aromatic heterocycles. The second-order valence-corrected chi connectivity index (χ2v) is 14.4. The normalized spacial score (nSPS) is 17.0.